The summed E-state index contributed by atoms with van der Waals surface area (Å²) in [5, 5.41) is 4.01. The summed E-state index contributed by atoms with van der Waals surface area (Å²) in [6, 6.07) is 0.507. The fraction of sp³-hybridized carbons (Fsp3) is 0.769. The van der Waals surface area contributed by atoms with Crippen molar-refractivity contribution in [2.45, 2.75) is 46.2 Å². The first-order chi connectivity index (χ1) is 8.11. The quantitative estimate of drug-likeness (QED) is 0.918. The Hall–Kier alpha value is -0.580. The second-order valence-electron chi connectivity index (χ2n) is 5.29. The number of halogens is 1. The zero-order valence-corrected chi connectivity index (χ0v) is 12.3. The summed E-state index contributed by atoms with van der Waals surface area (Å²) in [4.78, 5) is 2.48. The number of hydrogen-bond donors (Lipinski definition) is 1. The third kappa shape index (κ3) is 3.25. The summed E-state index contributed by atoms with van der Waals surface area (Å²) < 4.78 is 5.22. The van der Waals surface area contributed by atoms with Gasteiger partial charge in [-0.15, -0.1) is 12.4 Å². The Morgan fingerprint density at radius 2 is 2.17 bits per heavy atom. The molecule has 2 N–H and O–H groups in total. The Labute approximate surface area is 115 Å². The van der Waals surface area contributed by atoms with Crippen molar-refractivity contribution in [1.29, 1.82) is 0 Å². The molecule has 18 heavy (non-hydrogen) atoms. The maximum atomic E-state index is 5.88. The van der Waals surface area contributed by atoms with E-state index in [0.29, 0.717) is 6.04 Å². The molecule has 2 atom stereocenters. The molecule has 1 aromatic heterocycles. The van der Waals surface area contributed by atoms with Crippen molar-refractivity contribution in [3.8, 4) is 0 Å². The maximum Gasteiger partial charge on any atom is 0.138 e. The maximum absolute atomic E-state index is 5.88. The molecule has 2 rings (SSSR count). The van der Waals surface area contributed by atoms with Crippen molar-refractivity contribution >= 4 is 12.4 Å². The molecule has 1 aliphatic rings. The van der Waals surface area contributed by atoms with Crippen molar-refractivity contribution in [3.63, 3.8) is 0 Å². The van der Waals surface area contributed by atoms with E-state index in [1.54, 1.807) is 0 Å². The molecular weight excluding hydrogens is 250 g/mol. The molecule has 1 aliphatic heterocycles. The largest absolute Gasteiger partial charge is 0.361 e. The molecule has 0 aliphatic carbocycles. The highest BCUT2D eigenvalue weighted by molar-refractivity contribution is 5.85. The Balaban J connectivity index is 0.00000162. The van der Waals surface area contributed by atoms with E-state index in [0.717, 1.165) is 37.0 Å². The van der Waals surface area contributed by atoms with Crippen LogP contribution in [0.2, 0.25) is 0 Å². The summed E-state index contributed by atoms with van der Waals surface area (Å²) in [5.41, 5.74) is 8.13. The Bertz CT molecular complexity index is 361. The Morgan fingerprint density at radius 3 is 2.72 bits per heavy atom. The lowest BCUT2D eigenvalue weighted by molar-refractivity contribution is 0.114. The van der Waals surface area contributed by atoms with Crippen LogP contribution in [0.5, 0.6) is 0 Å². The van der Waals surface area contributed by atoms with Gasteiger partial charge in [0.1, 0.15) is 5.76 Å². The van der Waals surface area contributed by atoms with Gasteiger partial charge in [0.2, 0.25) is 0 Å². The highest BCUT2D eigenvalue weighted by atomic mass is 35.5. The predicted octanol–water partition coefficient (Wildman–Crippen LogP) is 2.27. The molecule has 0 bridgehead atoms. The number of aryl methyl sites for hydroxylation is 2. The van der Waals surface area contributed by atoms with E-state index >= 15 is 0 Å². The summed E-state index contributed by atoms with van der Waals surface area (Å²) >= 11 is 0. The van der Waals surface area contributed by atoms with E-state index in [1.165, 1.54) is 18.4 Å². The number of aromatic nitrogens is 1. The third-order valence-corrected chi connectivity index (χ3v) is 3.91. The van der Waals surface area contributed by atoms with Crippen molar-refractivity contribution in [2.24, 2.45) is 11.7 Å². The molecule has 4 nitrogen and oxygen atoms in total. The van der Waals surface area contributed by atoms with E-state index < -0.39 is 0 Å². The monoisotopic (exact) mass is 273 g/mol. The number of piperidine rings is 1. The van der Waals surface area contributed by atoms with Crippen LogP contribution in [0, 0.1) is 19.8 Å². The predicted molar refractivity (Wildman–Crippen MR) is 74.9 cm³/mol. The first-order valence-corrected chi connectivity index (χ1v) is 6.47. The number of nitrogens with two attached hydrogens (primary N) is 1. The standard InChI is InChI=1S/C13H23N3O.ClH/c1-9-4-5-16(12(6-9)7-14)8-13-10(2)15-17-11(13)3;/h9,12H,4-8,14H2,1-3H3;1H. The second-order valence-corrected chi connectivity index (χ2v) is 5.29. The van der Waals surface area contributed by atoms with E-state index in [-0.39, 0.29) is 12.4 Å². The van der Waals surface area contributed by atoms with Crippen LogP contribution in [-0.4, -0.2) is 29.2 Å². The SMILES string of the molecule is Cc1noc(C)c1CN1CCC(C)CC1CN.Cl. The third-order valence-electron chi connectivity index (χ3n) is 3.91. The number of rotatable bonds is 3. The van der Waals surface area contributed by atoms with Crippen molar-refractivity contribution in [1.82, 2.24) is 10.1 Å². The lowest BCUT2D eigenvalue weighted by Crippen LogP contribution is -2.45. The Kier molecular flexibility index (Phi) is 5.63. The van der Waals surface area contributed by atoms with Gasteiger partial charge in [-0.05, 0) is 39.2 Å². The molecule has 0 aromatic carbocycles. The van der Waals surface area contributed by atoms with Gasteiger partial charge in [0.25, 0.3) is 0 Å². The topological polar surface area (TPSA) is 55.3 Å². The van der Waals surface area contributed by atoms with Crippen LogP contribution in [0.4, 0.5) is 0 Å². The van der Waals surface area contributed by atoms with Gasteiger partial charge in [0.05, 0.1) is 5.69 Å². The minimum atomic E-state index is 0. The summed E-state index contributed by atoms with van der Waals surface area (Å²) in [5.74, 6) is 1.74. The van der Waals surface area contributed by atoms with E-state index in [9.17, 15) is 0 Å². The molecule has 0 amide bonds. The van der Waals surface area contributed by atoms with E-state index in [4.69, 9.17) is 10.3 Å². The van der Waals surface area contributed by atoms with Gasteiger partial charge in [0.15, 0.2) is 0 Å². The number of hydrogen-bond acceptors (Lipinski definition) is 4. The molecule has 2 heterocycles. The first kappa shape index (κ1) is 15.5. The minimum absolute atomic E-state index is 0. The minimum Gasteiger partial charge on any atom is -0.361 e. The van der Waals surface area contributed by atoms with Crippen molar-refractivity contribution < 1.29 is 4.52 Å². The van der Waals surface area contributed by atoms with Crippen LogP contribution in [-0.2, 0) is 6.54 Å². The average molecular weight is 274 g/mol. The normalized spacial score (nSPS) is 24.9. The van der Waals surface area contributed by atoms with Crippen LogP contribution in [0.1, 0.15) is 36.8 Å². The highest BCUT2D eigenvalue weighted by Crippen LogP contribution is 2.25. The fourth-order valence-electron chi connectivity index (χ4n) is 2.68. The zero-order valence-electron chi connectivity index (χ0n) is 11.5. The smallest absolute Gasteiger partial charge is 0.138 e. The lowest BCUT2D eigenvalue weighted by Gasteiger charge is -2.37. The summed E-state index contributed by atoms with van der Waals surface area (Å²) in [6.45, 7) is 9.11. The first-order valence-electron chi connectivity index (χ1n) is 6.47. The van der Waals surface area contributed by atoms with Crippen LogP contribution >= 0.6 is 12.4 Å². The van der Waals surface area contributed by atoms with Gasteiger partial charge >= 0.3 is 0 Å². The fourth-order valence-corrected chi connectivity index (χ4v) is 2.68. The molecule has 1 saturated heterocycles. The zero-order chi connectivity index (χ0) is 12.4. The lowest BCUT2D eigenvalue weighted by atomic mass is 9.92. The van der Waals surface area contributed by atoms with Crippen molar-refractivity contribution in [3.05, 3.63) is 17.0 Å². The average Bonchev–Trinajstić information content (AvgIpc) is 2.62. The van der Waals surface area contributed by atoms with Crippen LogP contribution in [0.15, 0.2) is 4.52 Å². The van der Waals surface area contributed by atoms with Crippen LogP contribution in [0.3, 0.4) is 0 Å². The van der Waals surface area contributed by atoms with Crippen molar-refractivity contribution in [2.75, 3.05) is 13.1 Å². The molecule has 1 aromatic rings. The molecule has 0 radical (unpaired) electrons. The second kappa shape index (κ2) is 6.55. The van der Waals surface area contributed by atoms with E-state index in [2.05, 4.69) is 17.0 Å². The van der Waals surface area contributed by atoms with Gasteiger partial charge < -0.3 is 10.3 Å². The molecular formula is C13H24ClN3O. The van der Waals surface area contributed by atoms with E-state index in [1.807, 2.05) is 13.8 Å². The summed E-state index contributed by atoms with van der Waals surface area (Å²) in [7, 11) is 0. The van der Waals surface area contributed by atoms with Crippen LogP contribution < -0.4 is 5.73 Å². The summed E-state index contributed by atoms with van der Waals surface area (Å²) in [6.07, 6.45) is 2.47. The van der Waals surface area contributed by atoms with Gasteiger partial charge in [-0.2, -0.15) is 0 Å². The number of nitrogens with zero attached hydrogens (tertiary/aromatic N) is 2. The number of likely N-dealkylation sites (tertiary alicyclic amines) is 1. The van der Waals surface area contributed by atoms with Gasteiger partial charge in [-0.25, -0.2) is 0 Å². The highest BCUT2D eigenvalue weighted by Gasteiger charge is 2.26. The molecule has 5 heteroatoms. The molecule has 0 spiro atoms. The van der Waals surface area contributed by atoms with Gasteiger partial charge in [0, 0.05) is 24.7 Å². The molecule has 2 unspecified atom stereocenters. The molecule has 1 fully saturated rings. The Morgan fingerprint density at radius 1 is 1.44 bits per heavy atom. The molecule has 0 saturated carbocycles. The van der Waals surface area contributed by atoms with Crippen LogP contribution in [0.25, 0.3) is 0 Å². The van der Waals surface area contributed by atoms with Gasteiger partial charge in [-0.3, -0.25) is 4.90 Å². The molecule has 104 valence electrons. The van der Waals surface area contributed by atoms with Gasteiger partial charge in [-0.1, -0.05) is 12.1 Å².